The van der Waals surface area contributed by atoms with Gasteiger partial charge in [-0.2, -0.15) is 5.10 Å². The first-order chi connectivity index (χ1) is 15.5. The molecule has 0 aliphatic carbocycles. The van der Waals surface area contributed by atoms with E-state index in [4.69, 9.17) is 0 Å². The number of aryl methyl sites for hydroxylation is 2. The summed E-state index contributed by atoms with van der Waals surface area (Å²) < 4.78 is 17.1. The molecule has 0 fully saturated rings. The van der Waals surface area contributed by atoms with E-state index in [1.54, 1.807) is 23.1 Å². The number of fused-ring (bicyclic) bond motifs is 1. The lowest BCUT2D eigenvalue weighted by Gasteiger charge is -2.11. The molecule has 1 N–H and O–H groups in total. The van der Waals surface area contributed by atoms with Crippen LogP contribution in [-0.2, 0) is 13.6 Å². The fraction of sp³-hybridized carbons (Fsp3) is 0.125. The van der Waals surface area contributed by atoms with Crippen LogP contribution in [0.15, 0.2) is 67.0 Å². The van der Waals surface area contributed by atoms with E-state index in [1.165, 1.54) is 23.5 Å². The van der Waals surface area contributed by atoms with Gasteiger partial charge in [0.05, 0.1) is 23.4 Å². The van der Waals surface area contributed by atoms with Crippen LogP contribution in [-0.4, -0.2) is 25.2 Å². The van der Waals surface area contributed by atoms with Gasteiger partial charge in [0, 0.05) is 18.0 Å². The number of hydrogen-bond acceptors (Lipinski definition) is 4. The number of imidazole rings is 1. The predicted molar refractivity (Wildman–Crippen MR) is 124 cm³/mol. The van der Waals surface area contributed by atoms with E-state index in [2.05, 4.69) is 15.4 Å². The van der Waals surface area contributed by atoms with Gasteiger partial charge in [-0.3, -0.25) is 9.48 Å². The van der Waals surface area contributed by atoms with Gasteiger partial charge in [-0.25, -0.2) is 9.37 Å². The average Bonchev–Trinajstić information content (AvgIpc) is 3.46. The lowest BCUT2D eigenvalue weighted by Crippen LogP contribution is -2.15. The number of rotatable bonds is 5. The van der Waals surface area contributed by atoms with Crippen LogP contribution in [0, 0.1) is 12.7 Å². The fourth-order valence-corrected chi connectivity index (χ4v) is 4.74. The molecule has 5 aromatic rings. The minimum atomic E-state index is -0.322. The van der Waals surface area contributed by atoms with E-state index in [9.17, 15) is 9.18 Å². The van der Waals surface area contributed by atoms with Crippen molar-refractivity contribution in [3.63, 3.8) is 0 Å². The number of nitrogens with zero attached hydrogens (tertiary/aromatic N) is 4. The van der Waals surface area contributed by atoms with Crippen LogP contribution in [0.5, 0.6) is 0 Å². The van der Waals surface area contributed by atoms with Gasteiger partial charge in [-0.1, -0.05) is 30.3 Å². The zero-order valence-corrected chi connectivity index (χ0v) is 18.4. The summed E-state index contributed by atoms with van der Waals surface area (Å²) >= 11 is 1.40. The summed E-state index contributed by atoms with van der Waals surface area (Å²) in [6, 6.07) is 17.9. The first kappa shape index (κ1) is 20.1. The highest BCUT2D eigenvalue weighted by Gasteiger charge is 2.20. The topological polar surface area (TPSA) is 64.7 Å². The summed E-state index contributed by atoms with van der Waals surface area (Å²) in [7, 11) is 1.87. The van der Waals surface area contributed by atoms with Crippen molar-refractivity contribution in [1.29, 1.82) is 0 Å². The maximum absolute atomic E-state index is 13.5. The van der Waals surface area contributed by atoms with Crippen LogP contribution in [0.3, 0.4) is 0 Å². The Labute approximate surface area is 188 Å². The number of carbonyl (C=O) groups is 1. The van der Waals surface area contributed by atoms with E-state index in [-0.39, 0.29) is 11.7 Å². The van der Waals surface area contributed by atoms with Gasteiger partial charge < -0.3 is 9.88 Å². The van der Waals surface area contributed by atoms with Gasteiger partial charge in [0.25, 0.3) is 5.91 Å². The summed E-state index contributed by atoms with van der Waals surface area (Å²) in [6.45, 7) is 2.47. The predicted octanol–water partition coefficient (Wildman–Crippen LogP) is 5.25. The third kappa shape index (κ3) is 3.69. The van der Waals surface area contributed by atoms with Crippen molar-refractivity contribution in [2.45, 2.75) is 13.5 Å². The molecular weight excluding hydrogens is 425 g/mol. The minimum Gasteiger partial charge on any atom is -0.312 e. The molecule has 32 heavy (non-hydrogen) atoms. The second-order valence-electron chi connectivity index (χ2n) is 7.55. The SMILES string of the molecule is Cc1nn(C)c2sc(C(=O)Nc3c(-c4ccc(F)cc4)ncn3Cc3ccccc3)cc12. The number of anilines is 1. The molecular formula is C24H20FN5OS. The third-order valence-electron chi connectivity index (χ3n) is 5.30. The third-order valence-corrected chi connectivity index (χ3v) is 6.50. The van der Waals surface area contributed by atoms with Crippen molar-refractivity contribution in [3.8, 4) is 11.3 Å². The maximum atomic E-state index is 13.5. The molecule has 0 aliphatic heterocycles. The number of nitrogens with one attached hydrogen (secondary N) is 1. The minimum absolute atomic E-state index is 0.219. The van der Waals surface area contributed by atoms with Gasteiger partial charge in [0.15, 0.2) is 0 Å². The molecule has 3 heterocycles. The smallest absolute Gasteiger partial charge is 0.266 e. The number of thiophene rings is 1. The van der Waals surface area contributed by atoms with Crippen molar-refractivity contribution in [2.24, 2.45) is 7.05 Å². The zero-order valence-electron chi connectivity index (χ0n) is 17.5. The molecule has 2 aromatic carbocycles. The Bertz CT molecular complexity index is 1380. The second kappa shape index (κ2) is 8.05. The molecule has 8 heteroatoms. The van der Waals surface area contributed by atoms with E-state index in [1.807, 2.05) is 54.9 Å². The van der Waals surface area contributed by atoms with Crippen molar-refractivity contribution in [2.75, 3.05) is 5.32 Å². The van der Waals surface area contributed by atoms with Crippen molar-refractivity contribution >= 4 is 33.3 Å². The van der Waals surface area contributed by atoms with Gasteiger partial charge in [0.1, 0.15) is 22.2 Å². The normalized spacial score (nSPS) is 11.2. The number of halogens is 1. The highest BCUT2D eigenvalue weighted by molar-refractivity contribution is 7.20. The first-order valence-electron chi connectivity index (χ1n) is 10.1. The summed E-state index contributed by atoms with van der Waals surface area (Å²) in [5.74, 6) is 0.0267. The molecule has 1 amide bonds. The Hall–Kier alpha value is -3.78. The Kier molecular flexibility index (Phi) is 5.07. The van der Waals surface area contributed by atoms with Gasteiger partial charge in [-0.05, 0) is 42.8 Å². The lowest BCUT2D eigenvalue weighted by atomic mass is 10.1. The number of hydrogen-bond donors (Lipinski definition) is 1. The van der Waals surface area contributed by atoms with E-state index < -0.39 is 0 Å². The summed E-state index contributed by atoms with van der Waals surface area (Å²) in [5, 5.41) is 8.42. The van der Waals surface area contributed by atoms with E-state index >= 15 is 0 Å². The van der Waals surface area contributed by atoms with Crippen LogP contribution in [0.2, 0.25) is 0 Å². The van der Waals surface area contributed by atoms with Crippen molar-refractivity contribution in [3.05, 3.63) is 88.9 Å². The molecule has 0 saturated heterocycles. The fourth-order valence-electron chi connectivity index (χ4n) is 3.72. The van der Waals surface area contributed by atoms with Crippen LogP contribution in [0.4, 0.5) is 10.2 Å². The molecule has 0 atom stereocenters. The molecule has 5 rings (SSSR count). The molecule has 0 aliphatic rings. The zero-order chi connectivity index (χ0) is 22.2. The van der Waals surface area contributed by atoms with E-state index in [0.29, 0.717) is 22.9 Å². The second-order valence-corrected chi connectivity index (χ2v) is 8.59. The highest BCUT2D eigenvalue weighted by Crippen LogP contribution is 2.31. The largest absolute Gasteiger partial charge is 0.312 e. The lowest BCUT2D eigenvalue weighted by molar-refractivity contribution is 0.103. The van der Waals surface area contributed by atoms with E-state index in [0.717, 1.165) is 27.0 Å². The Morgan fingerprint density at radius 3 is 2.59 bits per heavy atom. The number of amides is 1. The highest BCUT2D eigenvalue weighted by atomic mass is 32.1. The van der Waals surface area contributed by atoms with Crippen LogP contribution >= 0.6 is 11.3 Å². The van der Waals surface area contributed by atoms with Crippen molar-refractivity contribution < 1.29 is 9.18 Å². The number of aromatic nitrogens is 4. The van der Waals surface area contributed by atoms with Gasteiger partial charge >= 0.3 is 0 Å². The summed E-state index contributed by atoms with van der Waals surface area (Å²) in [6.07, 6.45) is 1.69. The molecule has 0 radical (unpaired) electrons. The quantitative estimate of drug-likeness (QED) is 0.402. The molecule has 0 bridgehead atoms. The molecule has 0 unspecified atom stereocenters. The van der Waals surface area contributed by atoms with Gasteiger partial charge in [-0.15, -0.1) is 11.3 Å². The summed E-state index contributed by atoms with van der Waals surface area (Å²) in [4.78, 5) is 19.3. The molecule has 0 spiro atoms. The first-order valence-corrected chi connectivity index (χ1v) is 10.9. The Morgan fingerprint density at radius 2 is 1.88 bits per heavy atom. The molecule has 0 saturated carbocycles. The maximum Gasteiger partial charge on any atom is 0.266 e. The summed E-state index contributed by atoms with van der Waals surface area (Å²) in [5.41, 5.74) is 3.28. The van der Waals surface area contributed by atoms with Crippen LogP contribution in [0.25, 0.3) is 21.5 Å². The average molecular weight is 446 g/mol. The Balaban J connectivity index is 1.53. The number of carbonyl (C=O) groups excluding carboxylic acids is 1. The molecule has 160 valence electrons. The Morgan fingerprint density at radius 1 is 1.12 bits per heavy atom. The standard InChI is InChI=1S/C24H20FN5OS/c1-15-19-12-20(32-24(19)29(2)28-15)23(31)27-22-21(17-8-10-18(25)11-9-17)26-14-30(22)13-16-6-4-3-5-7-16/h3-12,14H,13H2,1-2H3,(H,27,31). The molecule has 3 aromatic heterocycles. The van der Waals surface area contributed by atoms with Gasteiger partial charge in [0.2, 0.25) is 0 Å². The molecule has 6 nitrogen and oxygen atoms in total. The number of benzene rings is 2. The van der Waals surface area contributed by atoms with Crippen LogP contribution in [0.1, 0.15) is 20.9 Å². The monoisotopic (exact) mass is 445 g/mol. The van der Waals surface area contributed by atoms with Crippen LogP contribution < -0.4 is 5.32 Å². The van der Waals surface area contributed by atoms with Crippen molar-refractivity contribution in [1.82, 2.24) is 19.3 Å².